The Morgan fingerprint density at radius 3 is 2.58 bits per heavy atom. The number of carbonyl (C=O) groups excluding carboxylic acids is 1. The fraction of sp³-hybridized carbons (Fsp3) is 0.333. The van der Waals surface area contributed by atoms with Crippen molar-refractivity contribution < 1.29 is 9.18 Å². The third-order valence-corrected chi connectivity index (χ3v) is 4.09. The van der Waals surface area contributed by atoms with Crippen LogP contribution in [0.5, 0.6) is 0 Å². The lowest BCUT2D eigenvalue weighted by Crippen LogP contribution is -2.42. The number of halogens is 1. The van der Waals surface area contributed by atoms with Gasteiger partial charge in [-0.25, -0.2) is 9.37 Å². The highest BCUT2D eigenvalue weighted by Gasteiger charge is 2.21. The smallest absolute Gasteiger partial charge is 0.238 e. The van der Waals surface area contributed by atoms with Gasteiger partial charge >= 0.3 is 0 Å². The maximum Gasteiger partial charge on any atom is 0.238 e. The molecular formula is C18H21FN4O. The topological polar surface area (TPSA) is 57.3 Å². The number of anilines is 2. The van der Waals surface area contributed by atoms with Crippen molar-refractivity contribution in [1.82, 2.24) is 9.88 Å². The van der Waals surface area contributed by atoms with E-state index in [0.29, 0.717) is 18.4 Å². The molecule has 5 nitrogen and oxygen atoms in total. The first-order valence-electron chi connectivity index (χ1n) is 8.14. The zero-order valence-electron chi connectivity index (χ0n) is 13.4. The van der Waals surface area contributed by atoms with Crippen LogP contribution in [-0.2, 0) is 4.79 Å². The molecule has 0 bridgehead atoms. The summed E-state index contributed by atoms with van der Waals surface area (Å²) in [6.07, 6.45) is 3.07. The van der Waals surface area contributed by atoms with Crippen molar-refractivity contribution in [1.29, 1.82) is 0 Å². The van der Waals surface area contributed by atoms with E-state index in [1.807, 2.05) is 30.3 Å². The molecule has 0 unspecified atom stereocenters. The summed E-state index contributed by atoms with van der Waals surface area (Å²) in [5.41, 5.74) is 0.821. The molecule has 0 spiro atoms. The first-order valence-corrected chi connectivity index (χ1v) is 8.14. The molecule has 24 heavy (non-hydrogen) atoms. The molecule has 3 rings (SSSR count). The lowest BCUT2D eigenvalue weighted by atomic mass is 10.1. The van der Waals surface area contributed by atoms with Crippen LogP contribution < -0.4 is 10.6 Å². The molecule has 2 aromatic rings. The van der Waals surface area contributed by atoms with Gasteiger partial charge in [-0.2, -0.15) is 0 Å². The molecule has 1 aliphatic rings. The second-order valence-electron chi connectivity index (χ2n) is 5.97. The summed E-state index contributed by atoms with van der Waals surface area (Å²) >= 11 is 0. The minimum Gasteiger partial charge on any atom is -0.367 e. The van der Waals surface area contributed by atoms with E-state index in [1.54, 1.807) is 6.07 Å². The van der Waals surface area contributed by atoms with Crippen LogP contribution >= 0.6 is 0 Å². The van der Waals surface area contributed by atoms with Gasteiger partial charge in [-0.3, -0.25) is 9.69 Å². The van der Waals surface area contributed by atoms with Crippen LogP contribution in [0.3, 0.4) is 0 Å². The van der Waals surface area contributed by atoms with Crippen LogP contribution in [-0.4, -0.2) is 41.5 Å². The fourth-order valence-corrected chi connectivity index (χ4v) is 2.83. The molecule has 6 heteroatoms. The molecule has 0 atom stereocenters. The van der Waals surface area contributed by atoms with Gasteiger partial charge < -0.3 is 10.6 Å². The molecule has 1 aliphatic heterocycles. The maximum absolute atomic E-state index is 12.9. The zero-order valence-corrected chi connectivity index (χ0v) is 13.4. The normalized spacial score (nSPS) is 15.9. The second-order valence-corrected chi connectivity index (χ2v) is 5.97. The van der Waals surface area contributed by atoms with Gasteiger partial charge in [0, 0.05) is 24.8 Å². The number of piperidine rings is 1. The molecule has 1 fully saturated rings. The van der Waals surface area contributed by atoms with E-state index in [9.17, 15) is 9.18 Å². The van der Waals surface area contributed by atoms with Crippen LogP contribution in [0.4, 0.5) is 15.9 Å². The summed E-state index contributed by atoms with van der Waals surface area (Å²) in [4.78, 5) is 18.2. The van der Waals surface area contributed by atoms with Gasteiger partial charge in [0.25, 0.3) is 0 Å². The third kappa shape index (κ3) is 4.76. The Kier molecular flexibility index (Phi) is 5.38. The predicted molar refractivity (Wildman–Crippen MR) is 92.4 cm³/mol. The molecule has 0 saturated carbocycles. The summed E-state index contributed by atoms with van der Waals surface area (Å²) in [5.74, 6) is 0.365. The first kappa shape index (κ1) is 16.4. The highest BCUT2D eigenvalue weighted by molar-refractivity contribution is 5.92. The Hall–Kier alpha value is -2.47. The van der Waals surface area contributed by atoms with Crippen LogP contribution in [0.2, 0.25) is 0 Å². The second kappa shape index (κ2) is 7.88. The Bertz CT molecular complexity index is 654. The van der Waals surface area contributed by atoms with Gasteiger partial charge in [-0.15, -0.1) is 0 Å². The molecule has 0 radical (unpaired) electrons. The SMILES string of the molecule is O=C(CN1CCC(Nc2ccc(F)cn2)CC1)Nc1ccccc1. The monoisotopic (exact) mass is 328 g/mol. The Balaban J connectivity index is 1.41. The minimum atomic E-state index is -0.334. The minimum absolute atomic E-state index is 0.00723. The van der Waals surface area contributed by atoms with E-state index in [1.165, 1.54) is 12.3 Å². The van der Waals surface area contributed by atoms with Crippen LogP contribution in [0.15, 0.2) is 48.7 Å². The Labute approximate surface area is 140 Å². The number of nitrogens with zero attached hydrogens (tertiary/aromatic N) is 2. The van der Waals surface area contributed by atoms with Gasteiger partial charge in [0.15, 0.2) is 0 Å². The van der Waals surface area contributed by atoms with E-state index < -0.39 is 0 Å². The summed E-state index contributed by atoms with van der Waals surface area (Å²) in [7, 11) is 0. The van der Waals surface area contributed by atoms with Gasteiger partial charge in [-0.05, 0) is 37.1 Å². The zero-order chi connectivity index (χ0) is 16.8. The van der Waals surface area contributed by atoms with Crippen LogP contribution in [0.25, 0.3) is 0 Å². The highest BCUT2D eigenvalue weighted by Crippen LogP contribution is 2.15. The number of carbonyl (C=O) groups is 1. The fourth-order valence-electron chi connectivity index (χ4n) is 2.83. The lowest BCUT2D eigenvalue weighted by Gasteiger charge is -2.32. The number of likely N-dealkylation sites (tertiary alicyclic amines) is 1. The summed E-state index contributed by atoms with van der Waals surface area (Å²) < 4.78 is 12.9. The quantitative estimate of drug-likeness (QED) is 0.886. The molecule has 126 valence electrons. The van der Waals surface area contributed by atoms with Gasteiger partial charge in [0.05, 0.1) is 12.7 Å². The summed E-state index contributed by atoms with van der Waals surface area (Å²) in [5, 5.41) is 6.22. The van der Waals surface area contributed by atoms with Crippen molar-refractivity contribution in [2.75, 3.05) is 30.3 Å². The maximum atomic E-state index is 12.9. The number of amides is 1. The molecule has 0 aliphatic carbocycles. The first-order chi connectivity index (χ1) is 11.7. The van der Waals surface area contributed by atoms with E-state index in [4.69, 9.17) is 0 Å². The van der Waals surface area contributed by atoms with Crippen LogP contribution in [0.1, 0.15) is 12.8 Å². The Morgan fingerprint density at radius 2 is 1.92 bits per heavy atom. The van der Waals surface area contributed by atoms with E-state index in [2.05, 4.69) is 20.5 Å². The molecule has 1 amide bonds. The lowest BCUT2D eigenvalue weighted by molar-refractivity contribution is -0.117. The molecule has 1 aromatic carbocycles. The number of aromatic nitrogens is 1. The number of pyridine rings is 1. The predicted octanol–water partition coefficient (Wildman–Crippen LogP) is 2.74. The summed E-state index contributed by atoms with van der Waals surface area (Å²) in [6, 6.07) is 12.8. The number of nitrogens with one attached hydrogen (secondary N) is 2. The molecule has 2 heterocycles. The number of hydrogen-bond donors (Lipinski definition) is 2. The number of para-hydroxylation sites is 1. The van der Waals surface area contributed by atoms with Crippen molar-refractivity contribution in [2.24, 2.45) is 0 Å². The molecular weight excluding hydrogens is 307 g/mol. The molecule has 1 saturated heterocycles. The van der Waals surface area contributed by atoms with E-state index in [0.717, 1.165) is 31.6 Å². The van der Waals surface area contributed by atoms with Gasteiger partial charge in [0.1, 0.15) is 11.6 Å². The van der Waals surface area contributed by atoms with Crippen LogP contribution in [0, 0.1) is 5.82 Å². The van der Waals surface area contributed by atoms with Crippen molar-refractivity contribution in [3.05, 3.63) is 54.5 Å². The summed E-state index contributed by atoms with van der Waals surface area (Å²) in [6.45, 7) is 2.10. The largest absolute Gasteiger partial charge is 0.367 e. The van der Waals surface area contributed by atoms with E-state index >= 15 is 0 Å². The van der Waals surface area contributed by atoms with Gasteiger partial charge in [-0.1, -0.05) is 18.2 Å². The Morgan fingerprint density at radius 1 is 1.17 bits per heavy atom. The van der Waals surface area contributed by atoms with Gasteiger partial charge in [0.2, 0.25) is 5.91 Å². The third-order valence-electron chi connectivity index (χ3n) is 4.09. The number of hydrogen-bond acceptors (Lipinski definition) is 4. The highest BCUT2D eigenvalue weighted by atomic mass is 19.1. The number of benzene rings is 1. The molecule has 1 aromatic heterocycles. The average molecular weight is 328 g/mol. The van der Waals surface area contributed by atoms with Crippen molar-refractivity contribution in [2.45, 2.75) is 18.9 Å². The number of rotatable bonds is 5. The van der Waals surface area contributed by atoms with Crippen molar-refractivity contribution >= 4 is 17.4 Å². The van der Waals surface area contributed by atoms with Crippen molar-refractivity contribution in [3.8, 4) is 0 Å². The molecule has 2 N–H and O–H groups in total. The van der Waals surface area contributed by atoms with E-state index in [-0.39, 0.29) is 11.7 Å². The standard InChI is InChI=1S/C18H21FN4O/c19-14-6-7-17(20-12-14)21-16-8-10-23(11-9-16)13-18(24)22-15-4-2-1-3-5-15/h1-7,12,16H,8-11,13H2,(H,20,21)(H,22,24). The average Bonchev–Trinajstić information content (AvgIpc) is 2.59. The van der Waals surface area contributed by atoms with Crippen molar-refractivity contribution in [3.63, 3.8) is 0 Å².